The summed E-state index contributed by atoms with van der Waals surface area (Å²) in [5.41, 5.74) is 9.83. The molecular formula is C13H13N3S. The van der Waals surface area contributed by atoms with Crippen LogP contribution >= 0.6 is 11.3 Å². The van der Waals surface area contributed by atoms with Crippen LogP contribution in [0.2, 0.25) is 0 Å². The molecule has 3 aromatic rings. The fourth-order valence-corrected chi connectivity index (χ4v) is 2.80. The van der Waals surface area contributed by atoms with Gasteiger partial charge in [0.15, 0.2) is 4.96 Å². The Kier molecular flexibility index (Phi) is 2.19. The van der Waals surface area contributed by atoms with Crippen LogP contribution in [-0.4, -0.2) is 9.38 Å². The number of anilines is 1. The maximum atomic E-state index is 5.68. The molecule has 3 nitrogen and oxygen atoms in total. The van der Waals surface area contributed by atoms with E-state index in [-0.39, 0.29) is 0 Å². The minimum absolute atomic E-state index is 0.779. The summed E-state index contributed by atoms with van der Waals surface area (Å²) in [6.07, 6.45) is 2.08. The summed E-state index contributed by atoms with van der Waals surface area (Å²) < 4.78 is 2.14. The summed E-state index contributed by atoms with van der Waals surface area (Å²) in [5, 5.41) is 0. The van der Waals surface area contributed by atoms with Crippen molar-refractivity contribution in [2.45, 2.75) is 13.8 Å². The van der Waals surface area contributed by atoms with Gasteiger partial charge in [-0.15, -0.1) is 11.3 Å². The van der Waals surface area contributed by atoms with E-state index in [0.29, 0.717) is 0 Å². The second-order valence-electron chi connectivity index (χ2n) is 4.14. The number of hydrogen-bond donors (Lipinski definition) is 1. The number of nitrogens with zero attached hydrogens (tertiary/aromatic N) is 2. The summed E-state index contributed by atoms with van der Waals surface area (Å²) in [5.74, 6) is 0. The van der Waals surface area contributed by atoms with Gasteiger partial charge < -0.3 is 5.73 Å². The third-order valence-electron chi connectivity index (χ3n) is 3.00. The van der Waals surface area contributed by atoms with Gasteiger partial charge in [-0.3, -0.25) is 4.40 Å². The molecule has 1 aromatic carbocycles. The predicted octanol–water partition coefficient (Wildman–Crippen LogP) is 3.26. The lowest BCUT2D eigenvalue weighted by Gasteiger charge is -1.97. The topological polar surface area (TPSA) is 43.3 Å². The summed E-state index contributed by atoms with van der Waals surface area (Å²) in [7, 11) is 0. The molecule has 0 bridgehead atoms. The van der Waals surface area contributed by atoms with E-state index >= 15 is 0 Å². The van der Waals surface area contributed by atoms with Gasteiger partial charge in [-0.2, -0.15) is 0 Å². The second kappa shape index (κ2) is 3.60. The number of aryl methyl sites for hydroxylation is 2. The van der Waals surface area contributed by atoms with E-state index < -0.39 is 0 Å². The van der Waals surface area contributed by atoms with Crippen LogP contribution in [0.3, 0.4) is 0 Å². The molecule has 0 atom stereocenters. The molecular weight excluding hydrogens is 230 g/mol. The Bertz CT molecular complexity index is 677. The molecule has 2 heterocycles. The lowest BCUT2D eigenvalue weighted by atomic mass is 10.1. The molecule has 17 heavy (non-hydrogen) atoms. The molecule has 0 aliphatic heterocycles. The monoisotopic (exact) mass is 243 g/mol. The largest absolute Gasteiger partial charge is 0.399 e. The summed E-state index contributed by atoms with van der Waals surface area (Å²) in [6, 6.07) is 7.82. The molecule has 0 aliphatic rings. The number of aromatic nitrogens is 2. The first-order valence-electron chi connectivity index (χ1n) is 5.46. The molecule has 2 aromatic heterocycles. The van der Waals surface area contributed by atoms with E-state index in [1.807, 2.05) is 24.3 Å². The zero-order valence-electron chi connectivity index (χ0n) is 9.77. The summed E-state index contributed by atoms with van der Waals surface area (Å²) in [6.45, 7) is 4.24. The molecule has 4 heteroatoms. The van der Waals surface area contributed by atoms with Crippen LogP contribution in [-0.2, 0) is 0 Å². The van der Waals surface area contributed by atoms with Crippen molar-refractivity contribution < 1.29 is 0 Å². The van der Waals surface area contributed by atoms with E-state index in [0.717, 1.165) is 21.9 Å². The molecule has 0 amide bonds. The Hall–Kier alpha value is -1.81. The molecule has 0 saturated carbocycles. The lowest BCUT2D eigenvalue weighted by molar-refractivity contribution is 1.11. The Morgan fingerprint density at radius 2 is 1.88 bits per heavy atom. The number of benzene rings is 1. The van der Waals surface area contributed by atoms with Gasteiger partial charge in [0.05, 0.1) is 5.69 Å². The molecule has 0 fully saturated rings. The highest BCUT2D eigenvalue weighted by molar-refractivity contribution is 7.17. The van der Waals surface area contributed by atoms with Crippen molar-refractivity contribution in [1.82, 2.24) is 9.38 Å². The van der Waals surface area contributed by atoms with Gasteiger partial charge in [0.1, 0.15) is 0 Å². The number of nitrogen functional groups attached to an aromatic ring is 1. The van der Waals surface area contributed by atoms with E-state index in [9.17, 15) is 0 Å². The molecule has 2 N–H and O–H groups in total. The number of fused-ring (bicyclic) bond motifs is 1. The fraction of sp³-hybridized carbons (Fsp3) is 0.154. The van der Waals surface area contributed by atoms with Gasteiger partial charge in [-0.25, -0.2) is 4.98 Å². The van der Waals surface area contributed by atoms with Crippen LogP contribution < -0.4 is 5.73 Å². The summed E-state index contributed by atoms with van der Waals surface area (Å²) in [4.78, 5) is 7.00. The third kappa shape index (κ3) is 1.61. The average molecular weight is 243 g/mol. The number of rotatable bonds is 1. The maximum absolute atomic E-state index is 5.68. The number of thiazole rings is 1. The van der Waals surface area contributed by atoms with Crippen LogP contribution in [0, 0.1) is 13.8 Å². The molecule has 0 radical (unpaired) electrons. The first-order chi connectivity index (χ1) is 8.15. The molecule has 86 valence electrons. The second-order valence-corrected chi connectivity index (χ2v) is 5.33. The number of nitrogens with two attached hydrogens (primary N) is 1. The number of imidazole rings is 1. The zero-order valence-corrected chi connectivity index (χ0v) is 10.6. The molecule has 0 aliphatic carbocycles. The van der Waals surface area contributed by atoms with E-state index in [1.54, 1.807) is 11.3 Å². The molecule has 3 rings (SSSR count). The molecule has 0 unspecified atom stereocenters. The lowest BCUT2D eigenvalue weighted by Crippen LogP contribution is -1.84. The van der Waals surface area contributed by atoms with Gasteiger partial charge in [0, 0.05) is 28.0 Å². The standard InChI is InChI=1S/C13H13N3S/c1-8-9(2)17-13-15-12(7-16(8)13)10-3-5-11(14)6-4-10/h3-7H,14H2,1-2H3. The van der Waals surface area contributed by atoms with Crippen molar-refractivity contribution in [3.63, 3.8) is 0 Å². The first kappa shape index (κ1) is 10.4. The van der Waals surface area contributed by atoms with Gasteiger partial charge in [0.25, 0.3) is 0 Å². The number of hydrogen-bond acceptors (Lipinski definition) is 3. The van der Waals surface area contributed by atoms with E-state index in [1.165, 1.54) is 10.6 Å². The average Bonchev–Trinajstić information content (AvgIpc) is 2.82. The van der Waals surface area contributed by atoms with Crippen molar-refractivity contribution in [2.75, 3.05) is 5.73 Å². The van der Waals surface area contributed by atoms with Crippen LogP contribution in [0.25, 0.3) is 16.2 Å². The Morgan fingerprint density at radius 3 is 2.53 bits per heavy atom. The Labute approximate surface area is 104 Å². The van der Waals surface area contributed by atoms with Gasteiger partial charge in [0.2, 0.25) is 0 Å². The highest BCUT2D eigenvalue weighted by atomic mass is 32.1. The van der Waals surface area contributed by atoms with Gasteiger partial charge >= 0.3 is 0 Å². The van der Waals surface area contributed by atoms with Crippen molar-refractivity contribution >= 4 is 22.0 Å². The van der Waals surface area contributed by atoms with Crippen molar-refractivity contribution in [3.8, 4) is 11.3 Å². The van der Waals surface area contributed by atoms with Gasteiger partial charge in [-0.1, -0.05) is 12.1 Å². The highest BCUT2D eigenvalue weighted by Gasteiger charge is 2.09. The predicted molar refractivity (Wildman–Crippen MR) is 72.4 cm³/mol. The zero-order chi connectivity index (χ0) is 12.0. The van der Waals surface area contributed by atoms with Crippen molar-refractivity contribution in [3.05, 3.63) is 41.0 Å². The molecule has 0 saturated heterocycles. The van der Waals surface area contributed by atoms with E-state index in [4.69, 9.17) is 5.73 Å². The van der Waals surface area contributed by atoms with Crippen LogP contribution in [0.4, 0.5) is 5.69 Å². The van der Waals surface area contributed by atoms with Gasteiger partial charge in [-0.05, 0) is 26.0 Å². The minimum atomic E-state index is 0.779. The maximum Gasteiger partial charge on any atom is 0.194 e. The normalized spacial score (nSPS) is 11.2. The van der Waals surface area contributed by atoms with Crippen LogP contribution in [0.1, 0.15) is 10.6 Å². The van der Waals surface area contributed by atoms with Crippen molar-refractivity contribution in [1.29, 1.82) is 0 Å². The first-order valence-corrected chi connectivity index (χ1v) is 6.28. The Morgan fingerprint density at radius 1 is 1.18 bits per heavy atom. The quantitative estimate of drug-likeness (QED) is 0.667. The van der Waals surface area contributed by atoms with Crippen LogP contribution in [0.15, 0.2) is 30.5 Å². The fourth-order valence-electron chi connectivity index (χ4n) is 1.85. The summed E-state index contributed by atoms with van der Waals surface area (Å²) >= 11 is 1.72. The van der Waals surface area contributed by atoms with Crippen LogP contribution in [0.5, 0.6) is 0 Å². The third-order valence-corrected chi connectivity index (χ3v) is 4.07. The smallest absolute Gasteiger partial charge is 0.194 e. The van der Waals surface area contributed by atoms with Crippen molar-refractivity contribution in [2.24, 2.45) is 0 Å². The minimum Gasteiger partial charge on any atom is -0.399 e. The highest BCUT2D eigenvalue weighted by Crippen LogP contribution is 2.26. The SMILES string of the molecule is Cc1sc2nc(-c3ccc(N)cc3)cn2c1C. The Balaban J connectivity index is 2.15. The molecule has 0 spiro atoms. The van der Waals surface area contributed by atoms with E-state index in [2.05, 4.69) is 29.4 Å².